The molecule has 0 bridgehead atoms. The third kappa shape index (κ3) is 3.76. The summed E-state index contributed by atoms with van der Waals surface area (Å²) in [4.78, 5) is 2.13. The number of ether oxygens (including phenoxy) is 1. The minimum Gasteiger partial charge on any atom is -0.390 e. The number of aromatic nitrogens is 3. The number of hydrogen-bond acceptors (Lipinski definition) is 5. The Morgan fingerprint density at radius 2 is 2.18 bits per heavy atom. The molecule has 0 saturated heterocycles. The molecule has 0 saturated carbocycles. The van der Waals surface area contributed by atoms with Gasteiger partial charge >= 0.3 is 0 Å². The highest BCUT2D eigenvalue weighted by atomic mass is 16.5. The summed E-state index contributed by atoms with van der Waals surface area (Å²) < 4.78 is 7.11. The van der Waals surface area contributed by atoms with Crippen LogP contribution in [0.25, 0.3) is 0 Å². The monoisotopic (exact) mass is 242 g/mol. The number of aliphatic hydroxyl groups excluding tert-OH is 1. The molecule has 6 nitrogen and oxygen atoms in total. The lowest BCUT2D eigenvalue weighted by molar-refractivity contribution is 0.108. The van der Waals surface area contributed by atoms with Gasteiger partial charge in [0.1, 0.15) is 5.69 Å². The Bertz CT molecular complexity index is 338. The second-order valence-electron chi connectivity index (χ2n) is 4.34. The van der Waals surface area contributed by atoms with Crippen molar-refractivity contribution in [2.75, 3.05) is 27.7 Å². The standard InChI is InChI=1S/C11H22N4O2/c1-9(17-4)11-10(8-16)12-13-15(11)7-5-6-14(2)3/h9,16H,5-8H2,1-4H3. The Balaban J connectivity index is 2.73. The van der Waals surface area contributed by atoms with E-state index in [2.05, 4.69) is 15.2 Å². The Morgan fingerprint density at radius 3 is 2.71 bits per heavy atom. The summed E-state index contributed by atoms with van der Waals surface area (Å²) in [5.41, 5.74) is 1.47. The summed E-state index contributed by atoms with van der Waals surface area (Å²) in [6.45, 7) is 3.61. The van der Waals surface area contributed by atoms with Crippen molar-refractivity contribution < 1.29 is 9.84 Å². The van der Waals surface area contributed by atoms with Gasteiger partial charge in [-0.05, 0) is 34.0 Å². The van der Waals surface area contributed by atoms with Gasteiger partial charge in [-0.1, -0.05) is 5.21 Å². The van der Waals surface area contributed by atoms with E-state index in [-0.39, 0.29) is 12.7 Å². The van der Waals surface area contributed by atoms with E-state index in [1.807, 2.05) is 25.7 Å². The van der Waals surface area contributed by atoms with Crippen LogP contribution in [0.4, 0.5) is 0 Å². The van der Waals surface area contributed by atoms with E-state index in [0.29, 0.717) is 5.69 Å². The molecule has 0 spiro atoms. The fraction of sp³-hybridized carbons (Fsp3) is 0.818. The molecule has 1 N–H and O–H groups in total. The minimum atomic E-state index is -0.105. The fourth-order valence-corrected chi connectivity index (χ4v) is 1.73. The third-order valence-corrected chi connectivity index (χ3v) is 2.71. The Morgan fingerprint density at radius 1 is 1.47 bits per heavy atom. The molecule has 1 atom stereocenters. The van der Waals surface area contributed by atoms with Crippen LogP contribution in [0, 0.1) is 0 Å². The highest BCUT2D eigenvalue weighted by Gasteiger charge is 2.17. The van der Waals surface area contributed by atoms with Gasteiger partial charge in [0.2, 0.25) is 0 Å². The smallest absolute Gasteiger partial charge is 0.114 e. The first kappa shape index (κ1) is 14.1. The SMILES string of the molecule is COC(C)c1c(CO)nnn1CCCN(C)C. The van der Waals surface area contributed by atoms with Gasteiger partial charge in [0.25, 0.3) is 0 Å². The fourth-order valence-electron chi connectivity index (χ4n) is 1.73. The van der Waals surface area contributed by atoms with Crippen molar-refractivity contribution >= 4 is 0 Å². The van der Waals surface area contributed by atoms with Crippen LogP contribution in [-0.2, 0) is 17.9 Å². The lowest BCUT2D eigenvalue weighted by Gasteiger charge is -2.14. The second-order valence-corrected chi connectivity index (χ2v) is 4.34. The zero-order chi connectivity index (χ0) is 12.8. The average Bonchev–Trinajstić information content (AvgIpc) is 2.70. The molecule has 1 aromatic rings. The first-order valence-electron chi connectivity index (χ1n) is 5.80. The maximum atomic E-state index is 9.21. The molecule has 0 aromatic carbocycles. The quantitative estimate of drug-likeness (QED) is 0.751. The molecule has 0 aliphatic heterocycles. The molecule has 98 valence electrons. The zero-order valence-corrected chi connectivity index (χ0v) is 11.1. The number of rotatable bonds is 7. The van der Waals surface area contributed by atoms with Crippen LogP contribution < -0.4 is 0 Å². The molecule has 0 aliphatic rings. The highest BCUT2D eigenvalue weighted by molar-refractivity contribution is 5.12. The predicted octanol–water partition coefficient (Wildman–Crippen LogP) is 0.429. The first-order chi connectivity index (χ1) is 8.10. The molecule has 1 heterocycles. The van der Waals surface area contributed by atoms with E-state index in [1.165, 1.54) is 0 Å². The van der Waals surface area contributed by atoms with Crippen LogP contribution in [-0.4, -0.2) is 52.8 Å². The summed E-state index contributed by atoms with van der Waals surface area (Å²) in [6.07, 6.45) is 0.886. The maximum absolute atomic E-state index is 9.21. The van der Waals surface area contributed by atoms with E-state index in [4.69, 9.17) is 4.74 Å². The average molecular weight is 242 g/mol. The van der Waals surface area contributed by atoms with Gasteiger partial charge in [-0.15, -0.1) is 5.10 Å². The van der Waals surface area contributed by atoms with Crippen LogP contribution in [0.15, 0.2) is 0 Å². The second kappa shape index (κ2) is 6.68. The van der Waals surface area contributed by atoms with Crippen molar-refractivity contribution in [1.82, 2.24) is 19.9 Å². The molecular weight excluding hydrogens is 220 g/mol. The van der Waals surface area contributed by atoms with E-state index >= 15 is 0 Å². The minimum absolute atomic E-state index is 0.100. The molecule has 1 rings (SSSR count). The normalized spacial score (nSPS) is 13.3. The van der Waals surface area contributed by atoms with Crippen LogP contribution in [0.5, 0.6) is 0 Å². The number of hydrogen-bond donors (Lipinski definition) is 1. The van der Waals surface area contributed by atoms with Gasteiger partial charge in [-0.2, -0.15) is 0 Å². The van der Waals surface area contributed by atoms with Crippen LogP contribution in [0.3, 0.4) is 0 Å². The summed E-state index contributed by atoms with van der Waals surface area (Å²) in [5, 5.41) is 17.2. The topological polar surface area (TPSA) is 63.4 Å². The van der Waals surface area contributed by atoms with Gasteiger partial charge < -0.3 is 14.7 Å². The lowest BCUT2D eigenvalue weighted by Crippen LogP contribution is -2.17. The highest BCUT2D eigenvalue weighted by Crippen LogP contribution is 2.19. The van der Waals surface area contributed by atoms with Crippen molar-refractivity contribution in [3.8, 4) is 0 Å². The molecule has 0 fully saturated rings. The Hall–Kier alpha value is -0.980. The van der Waals surface area contributed by atoms with E-state index in [0.717, 1.165) is 25.2 Å². The zero-order valence-electron chi connectivity index (χ0n) is 11.1. The van der Waals surface area contributed by atoms with Crippen molar-refractivity contribution in [2.24, 2.45) is 0 Å². The molecular formula is C11H22N4O2. The Kier molecular flexibility index (Phi) is 5.54. The molecule has 17 heavy (non-hydrogen) atoms. The van der Waals surface area contributed by atoms with Crippen molar-refractivity contribution in [1.29, 1.82) is 0 Å². The summed E-state index contributed by atoms with van der Waals surface area (Å²) in [7, 11) is 5.72. The number of nitrogens with zero attached hydrogens (tertiary/aromatic N) is 4. The van der Waals surface area contributed by atoms with Gasteiger partial charge in [-0.25, -0.2) is 4.68 Å². The van der Waals surface area contributed by atoms with Gasteiger partial charge in [-0.3, -0.25) is 0 Å². The van der Waals surface area contributed by atoms with Crippen LogP contribution in [0.2, 0.25) is 0 Å². The van der Waals surface area contributed by atoms with E-state index < -0.39 is 0 Å². The largest absolute Gasteiger partial charge is 0.390 e. The molecule has 0 amide bonds. The summed E-state index contributed by atoms with van der Waals surface area (Å²) in [6, 6.07) is 0. The van der Waals surface area contributed by atoms with Crippen molar-refractivity contribution in [2.45, 2.75) is 32.6 Å². The Labute approximate surface area is 102 Å². The first-order valence-corrected chi connectivity index (χ1v) is 5.80. The lowest BCUT2D eigenvalue weighted by atomic mass is 10.2. The van der Waals surface area contributed by atoms with Crippen LogP contribution in [0.1, 0.15) is 30.8 Å². The van der Waals surface area contributed by atoms with E-state index in [9.17, 15) is 5.11 Å². The molecule has 0 radical (unpaired) electrons. The number of aryl methyl sites for hydroxylation is 1. The van der Waals surface area contributed by atoms with Crippen molar-refractivity contribution in [3.05, 3.63) is 11.4 Å². The summed E-state index contributed by atoms with van der Waals surface area (Å²) in [5.74, 6) is 0. The predicted molar refractivity (Wildman–Crippen MR) is 64.5 cm³/mol. The number of aliphatic hydroxyl groups is 1. The van der Waals surface area contributed by atoms with Crippen molar-refractivity contribution in [3.63, 3.8) is 0 Å². The molecule has 0 aliphatic carbocycles. The molecule has 1 aromatic heterocycles. The van der Waals surface area contributed by atoms with Gasteiger partial charge in [0, 0.05) is 13.7 Å². The summed E-state index contributed by atoms with van der Waals surface area (Å²) >= 11 is 0. The molecule has 6 heteroatoms. The van der Waals surface area contributed by atoms with Gasteiger partial charge in [0.15, 0.2) is 0 Å². The number of methoxy groups -OCH3 is 1. The third-order valence-electron chi connectivity index (χ3n) is 2.71. The van der Waals surface area contributed by atoms with Gasteiger partial charge in [0.05, 0.1) is 18.4 Å². The van der Waals surface area contributed by atoms with E-state index in [1.54, 1.807) is 7.11 Å². The van der Waals surface area contributed by atoms with Crippen LogP contribution >= 0.6 is 0 Å². The molecule has 1 unspecified atom stereocenters. The maximum Gasteiger partial charge on any atom is 0.114 e.